The van der Waals surface area contributed by atoms with Crippen molar-refractivity contribution >= 4 is 16.7 Å². The van der Waals surface area contributed by atoms with Crippen molar-refractivity contribution in [1.82, 2.24) is 14.8 Å². The summed E-state index contributed by atoms with van der Waals surface area (Å²) in [4.78, 5) is 6.94. The van der Waals surface area contributed by atoms with Gasteiger partial charge in [0.15, 0.2) is 0 Å². The van der Waals surface area contributed by atoms with Crippen LogP contribution >= 0.6 is 0 Å². The van der Waals surface area contributed by atoms with Crippen LogP contribution in [0, 0.1) is 19.7 Å². The second kappa shape index (κ2) is 5.56. The third-order valence-electron chi connectivity index (χ3n) is 4.65. The van der Waals surface area contributed by atoms with E-state index in [0.29, 0.717) is 24.0 Å². The number of nitrogens with zero attached hydrogens (tertiary/aromatic N) is 4. The first-order chi connectivity index (χ1) is 11.6. The minimum atomic E-state index is -0.235. The topological polar surface area (TPSA) is 54.2 Å². The number of halogens is 1. The summed E-state index contributed by atoms with van der Waals surface area (Å²) in [6, 6.07) is 5.14. The second-order valence-corrected chi connectivity index (χ2v) is 6.31. The number of aryl methyl sites for hydroxylation is 2. The van der Waals surface area contributed by atoms with E-state index >= 15 is 0 Å². The zero-order valence-corrected chi connectivity index (χ0v) is 13.8. The van der Waals surface area contributed by atoms with Crippen LogP contribution in [0.4, 0.5) is 10.2 Å². The molecule has 0 saturated heterocycles. The van der Waals surface area contributed by atoms with Crippen molar-refractivity contribution in [2.45, 2.75) is 33.5 Å². The zero-order chi connectivity index (χ0) is 16.8. The average molecular weight is 326 g/mol. The highest BCUT2D eigenvalue weighted by atomic mass is 19.1. The Labute approximate surface area is 139 Å². The van der Waals surface area contributed by atoms with Crippen LogP contribution < -0.4 is 4.90 Å². The first-order valence-corrected chi connectivity index (χ1v) is 8.04. The van der Waals surface area contributed by atoms with Crippen LogP contribution in [0.2, 0.25) is 0 Å². The van der Waals surface area contributed by atoms with Gasteiger partial charge in [-0.2, -0.15) is 5.10 Å². The molecule has 2 aromatic heterocycles. The normalized spacial score (nSPS) is 13.8. The predicted molar refractivity (Wildman–Crippen MR) is 90.4 cm³/mol. The van der Waals surface area contributed by atoms with E-state index in [1.165, 1.54) is 6.07 Å². The summed E-state index contributed by atoms with van der Waals surface area (Å²) < 4.78 is 15.9. The lowest BCUT2D eigenvalue weighted by molar-refractivity contribution is 0.267. The largest absolute Gasteiger partial charge is 0.394 e. The summed E-state index contributed by atoms with van der Waals surface area (Å²) in [5.41, 5.74) is 4.90. The van der Waals surface area contributed by atoms with Crippen LogP contribution in [0.5, 0.6) is 0 Å². The van der Waals surface area contributed by atoms with E-state index < -0.39 is 0 Å². The Bertz CT molecular complexity index is 934. The molecule has 0 bridgehead atoms. The molecule has 0 fully saturated rings. The van der Waals surface area contributed by atoms with Gasteiger partial charge in [0.25, 0.3) is 0 Å². The Kier molecular flexibility index (Phi) is 3.49. The first-order valence-electron chi connectivity index (χ1n) is 8.04. The van der Waals surface area contributed by atoms with Crippen molar-refractivity contribution in [2.24, 2.45) is 0 Å². The Hall–Kier alpha value is -2.47. The van der Waals surface area contributed by atoms with Crippen LogP contribution in [0.15, 0.2) is 24.4 Å². The van der Waals surface area contributed by atoms with Crippen molar-refractivity contribution in [3.05, 3.63) is 52.6 Å². The summed E-state index contributed by atoms with van der Waals surface area (Å²) >= 11 is 0. The number of anilines is 1. The minimum Gasteiger partial charge on any atom is -0.394 e. The fraction of sp³-hybridized carbons (Fsp3) is 0.333. The molecular formula is C18H19FN4O. The lowest BCUT2D eigenvalue weighted by atomic mass is 10.1. The lowest BCUT2D eigenvalue weighted by Gasteiger charge is -2.20. The molecule has 1 N–H and O–H groups in total. The molecule has 1 aliphatic heterocycles. The molecule has 0 spiro atoms. The monoisotopic (exact) mass is 326 g/mol. The second-order valence-electron chi connectivity index (χ2n) is 6.31. The fourth-order valence-corrected chi connectivity index (χ4v) is 3.42. The van der Waals surface area contributed by atoms with Gasteiger partial charge < -0.3 is 10.0 Å². The van der Waals surface area contributed by atoms with Gasteiger partial charge in [0.05, 0.1) is 37.1 Å². The van der Waals surface area contributed by atoms with Crippen LogP contribution in [0.25, 0.3) is 10.9 Å². The van der Waals surface area contributed by atoms with Crippen molar-refractivity contribution in [2.75, 3.05) is 11.5 Å². The predicted octanol–water partition coefficient (Wildman–Crippen LogP) is 2.70. The maximum Gasteiger partial charge on any atom is 0.132 e. The Morgan fingerprint density at radius 2 is 2.04 bits per heavy atom. The number of aliphatic hydroxyl groups is 1. The van der Waals surface area contributed by atoms with Crippen LogP contribution in [0.1, 0.15) is 22.4 Å². The smallest absolute Gasteiger partial charge is 0.132 e. The SMILES string of the molecule is Cc1cc2c(F)ccc(C)c2nc1N1Cc2cnn(CCO)c2C1. The molecule has 0 radical (unpaired) electrons. The van der Waals surface area contributed by atoms with Gasteiger partial charge >= 0.3 is 0 Å². The molecule has 0 saturated carbocycles. The molecular weight excluding hydrogens is 307 g/mol. The van der Waals surface area contributed by atoms with Crippen LogP contribution in [0.3, 0.4) is 0 Å². The number of aliphatic hydroxyl groups excluding tert-OH is 1. The summed E-state index contributed by atoms with van der Waals surface area (Å²) in [5.74, 6) is 0.643. The van der Waals surface area contributed by atoms with Gasteiger partial charge in [-0.25, -0.2) is 9.37 Å². The Morgan fingerprint density at radius 3 is 2.83 bits per heavy atom. The highest BCUT2D eigenvalue weighted by Gasteiger charge is 2.26. The van der Waals surface area contributed by atoms with Gasteiger partial charge in [-0.15, -0.1) is 0 Å². The van der Waals surface area contributed by atoms with Gasteiger partial charge in [0.2, 0.25) is 0 Å². The molecule has 0 aliphatic carbocycles. The highest BCUT2D eigenvalue weighted by Crippen LogP contribution is 2.32. The van der Waals surface area contributed by atoms with Crippen LogP contribution in [-0.2, 0) is 19.6 Å². The summed E-state index contributed by atoms with van der Waals surface area (Å²) in [6.07, 6.45) is 1.85. The number of rotatable bonds is 3. The van der Waals surface area contributed by atoms with E-state index in [9.17, 15) is 4.39 Å². The van der Waals surface area contributed by atoms with Gasteiger partial charge in [0, 0.05) is 17.5 Å². The quantitative estimate of drug-likeness (QED) is 0.804. The van der Waals surface area contributed by atoms with E-state index in [1.54, 1.807) is 6.07 Å². The van der Waals surface area contributed by atoms with Crippen molar-refractivity contribution in [1.29, 1.82) is 0 Å². The van der Waals surface area contributed by atoms with Crippen molar-refractivity contribution < 1.29 is 9.50 Å². The summed E-state index contributed by atoms with van der Waals surface area (Å²) in [6.45, 7) is 5.91. The number of benzene rings is 1. The minimum absolute atomic E-state index is 0.0693. The van der Waals surface area contributed by atoms with Gasteiger partial charge in [0.1, 0.15) is 11.6 Å². The van der Waals surface area contributed by atoms with E-state index in [-0.39, 0.29) is 12.4 Å². The third kappa shape index (κ3) is 2.26. The fourth-order valence-electron chi connectivity index (χ4n) is 3.42. The molecule has 5 nitrogen and oxygen atoms in total. The lowest BCUT2D eigenvalue weighted by Crippen LogP contribution is -2.19. The first kappa shape index (κ1) is 15.1. The van der Waals surface area contributed by atoms with Crippen molar-refractivity contribution in [3.63, 3.8) is 0 Å². The van der Waals surface area contributed by atoms with Gasteiger partial charge in [-0.05, 0) is 37.1 Å². The number of fused-ring (bicyclic) bond motifs is 2. The standard InChI is InChI=1S/C18H19FN4O/c1-11-3-4-15(19)14-7-12(2)18(21-17(11)14)22-9-13-8-20-23(5-6-24)16(13)10-22/h3-4,7-8,24H,5-6,9-10H2,1-2H3. The van der Waals surface area contributed by atoms with Gasteiger partial charge in [-0.3, -0.25) is 4.68 Å². The number of hydrogen-bond donors (Lipinski definition) is 1. The number of pyridine rings is 1. The van der Waals surface area contributed by atoms with E-state index in [4.69, 9.17) is 10.1 Å². The molecule has 24 heavy (non-hydrogen) atoms. The maximum atomic E-state index is 14.1. The third-order valence-corrected chi connectivity index (χ3v) is 4.65. The Balaban J connectivity index is 1.75. The highest BCUT2D eigenvalue weighted by molar-refractivity contribution is 5.85. The van der Waals surface area contributed by atoms with Crippen LogP contribution in [-0.4, -0.2) is 26.5 Å². The van der Waals surface area contributed by atoms with Gasteiger partial charge in [-0.1, -0.05) is 6.07 Å². The van der Waals surface area contributed by atoms with Crippen molar-refractivity contribution in [3.8, 4) is 0 Å². The Morgan fingerprint density at radius 1 is 1.21 bits per heavy atom. The molecule has 3 aromatic rings. The van der Waals surface area contributed by atoms with E-state index in [2.05, 4.69) is 10.00 Å². The molecule has 1 aromatic carbocycles. The molecule has 1 aliphatic rings. The molecule has 6 heteroatoms. The van der Waals surface area contributed by atoms with E-state index in [0.717, 1.165) is 34.7 Å². The van der Waals surface area contributed by atoms with E-state index in [1.807, 2.05) is 30.8 Å². The average Bonchev–Trinajstić information content (AvgIpc) is 3.13. The number of hydrogen-bond acceptors (Lipinski definition) is 4. The summed E-state index contributed by atoms with van der Waals surface area (Å²) in [5, 5.41) is 14.0. The zero-order valence-electron chi connectivity index (χ0n) is 13.8. The molecule has 3 heterocycles. The molecule has 0 amide bonds. The molecule has 0 unspecified atom stereocenters. The molecule has 124 valence electrons. The maximum absolute atomic E-state index is 14.1. The molecule has 4 rings (SSSR count). The molecule has 0 atom stereocenters. The number of aromatic nitrogens is 3. The summed E-state index contributed by atoms with van der Waals surface area (Å²) in [7, 11) is 0.